The number of fused-ring (bicyclic) bond motifs is 1. The van der Waals surface area contributed by atoms with Crippen molar-refractivity contribution >= 4 is 28.4 Å². The van der Waals surface area contributed by atoms with Gasteiger partial charge in [-0.05, 0) is 70.5 Å². The van der Waals surface area contributed by atoms with Crippen molar-refractivity contribution in [2.24, 2.45) is 7.05 Å². The molecule has 1 aromatic carbocycles. The first kappa shape index (κ1) is 18.3. The van der Waals surface area contributed by atoms with Crippen LogP contribution in [0.4, 0.5) is 0 Å². The van der Waals surface area contributed by atoms with E-state index >= 15 is 0 Å². The number of aryl methyl sites for hydroxylation is 2. The van der Waals surface area contributed by atoms with E-state index in [0.717, 1.165) is 29.6 Å². The first-order chi connectivity index (χ1) is 11.8. The second-order valence-electron chi connectivity index (χ2n) is 7.74. The fourth-order valence-corrected chi connectivity index (χ4v) is 4.09. The lowest BCUT2D eigenvalue weighted by Gasteiger charge is -2.41. The van der Waals surface area contributed by atoms with Crippen LogP contribution in [0, 0.1) is 6.92 Å². The number of amides is 1. The molecule has 25 heavy (non-hydrogen) atoms. The molecule has 0 unspecified atom stereocenters. The third-order valence-corrected chi connectivity index (χ3v) is 5.76. The van der Waals surface area contributed by atoms with Crippen LogP contribution < -0.4 is 5.32 Å². The maximum Gasteiger partial charge on any atom is 0.268 e. The summed E-state index contributed by atoms with van der Waals surface area (Å²) in [6.07, 6.45) is 3.82. The smallest absolute Gasteiger partial charge is 0.268 e. The fourth-order valence-electron chi connectivity index (χ4n) is 3.91. The van der Waals surface area contributed by atoms with Gasteiger partial charge in [-0.15, -0.1) is 0 Å². The minimum Gasteiger partial charge on any atom is -0.349 e. The Kier molecular flexibility index (Phi) is 5.12. The number of nitrogens with zero attached hydrogens (tertiary/aromatic N) is 2. The summed E-state index contributed by atoms with van der Waals surface area (Å²) in [5, 5.41) is 4.89. The van der Waals surface area contributed by atoms with Gasteiger partial charge in [0.1, 0.15) is 5.69 Å². The molecule has 0 spiro atoms. The number of hydrogen-bond donors (Lipinski definition) is 1. The first-order valence-electron chi connectivity index (χ1n) is 9.09. The van der Waals surface area contributed by atoms with E-state index in [1.807, 2.05) is 36.7 Å². The van der Waals surface area contributed by atoms with E-state index < -0.39 is 0 Å². The zero-order chi connectivity index (χ0) is 18.2. The van der Waals surface area contributed by atoms with E-state index in [1.54, 1.807) is 0 Å². The Bertz CT molecular complexity index is 788. The molecule has 1 aliphatic heterocycles. The average molecular weight is 362 g/mol. The number of nitrogens with one attached hydrogen (secondary N) is 1. The van der Waals surface area contributed by atoms with E-state index in [9.17, 15) is 4.79 Å². The molecule has 0 radical (unpaired) electrons. The summed E-state index contributed by atoms with van der Waals surface area (Å²) in [4.78, 5) is 15.4. The Morgan fingerprint density at radius 2 is 1.92 bits per heavy atom. The third kappa shape index (κ3) is 3.56. The minimum absolute atomic E-state index is 0.0163. The monoisotopic (exact) mass is 361 g/mol. The topological polar surface area (TPSA) is 37.3 Å². The van der Waals surface area contributed by atoms with Gasteiger partial charge in [-0.25, -0.2) is 0 Å². The van der Waals surface area contributed by atoms with Crippen molar-refractivity contribution in [3.63, 3.8) is 0 Å². The van der Waals surface area contributed by atoms with Gasteiger partial charge in [-0.1, -0.05) is 18.0 Å². The van der Waals surface area contributed by atoms with E-state index in [4.69, 9.17) is 11.6 Å². The van der Waals surface area contributed by atoms with Gasteiger partial charge in [0, 0.05) is 35.1 Å². The molecule has 0 bridgehead atoms. The molecule has 1 saturated heterocycles. The first-order valence-corrected chi connectivity index (χ1v) is 9.47. The van der Waals surface area contributed by atoms with Crippen LogP contribution >= 0.6 is 11.6 Å². The Balaban J connectivity index is 1.78. The standard InChI is InChI=1S/C20H28ClN3O/c1-14-16-12-15(21)8-9-17(16)23(4)18(14)19(25)22-13-20(2,3)24-10-6-5-7-11-24/h8-9,12H,5-7,10-11,13H2,1-4H3,(H,22,25). The van der Waals surface area contributed by atoms with Crippen molar-refractivity contribution in [3.05, 3.63) is 34.5 Å². The normalized spacial score (nSPS) is 16.4. The molecule has 4 nitrogen and oxygen atoms in total. The van der Waals surface area contributed by atoms with Gasteiger partial charge < -0.3 is 9.88 Å². The second kappa shape index (κ2) is 7.00. The maximum atomic E-state index is 12.9. The van der Waals surface area contributed by atoms with Crippen LogP contribution in [0.3, 0.4) is 0 Å². The lowest BCUT2D eigenvalue weighted by molar-refractivity contribution is 0.0792. The van der Waals surface area contributed by atoms with Crippen LogP contribution in [-0.4, -0.2) is 40.5 Å². The Morgan fingerprint density at radius 3 is 2.60 bits per heavy atom. The van der Waals surface area contributed by atoms with Crippen molar-refractivity contribution in [1.82, 2.24) is 14.8 Å². The molecule has 0 saturated carbocycles. The number of carbonyl (C=O) groups is 1. The molecule has 1 aromatic heterocycles. The van der Waals surface area contributed by atoms with Gasteiger partial charge >= 0.3 is 0 Å². The molecule has 136 valence electrons. The van der Waals surface area contributed by atoms with Crippen LogP contribution in [0.5, 0.6) is 0 Å². The molecule has 1 fully saturated rings. The Morgan fingerprint density at radius 1 is 1.24 bits per heavy atom. The van der Waals surface area contributed by atoms with Crippen molar-refractivity contribution < 1.29 is 4.79 Å². The number of likely N-dealkylation sites (tertiary alicyclic amines) is 1. The third-order valence-electron chi connectivity index (χ3n) is 5.52. The Hall–Kier alpha value is -1.52. The number of halogens is 1. The quantitative estimate of drug-likeness (QED) is 0.888. The highest BCUT2D eigenvalue weighted by atomic mass is 35.5. The number of carbonyl (C=O) groups excluding carboxylic acids is 1. The number of hydrogen-bond acceptors (Lipinski definition) is 2. The van der Waals surface area contributed by atoms with Crippen LogP contribution in [0.25, 0.3) is 10.9 Å². The lowest BCUT2D eigenvalue weighted by Crippen LogP contribution is -2.53. The van der Waals surface area contributed by atoms with Gasteiger partial charge in [-0.3, -0.25) is 9.69 Å². The zero-order valence-electron chi connectivity index (χ0n) is 15.7. The van der Waals surface area contributed by atoms with Crippen LogP contribution in [-0.2, 0) is 7.05 Å². The number of piperidine rings is 1. The van der Waals surface area contributed by atoms with Gasteiger partial charge in [0.25, 0.3) is 5.91 Å². The summed E-state index contributed by atoms with van der Waals surface area (Å²) >= 11 is 6.12. The molecule has 5 heteroatoms. The second-order valence-corrected chi connectivity index (χ2v) is 8.17. The largest absolute Gasteiger partial charge is 0.349 e. The predicted octanol–water partition coefficient (Wildman–Crippen LogP) is 4.13. The van der Waals surface area contributed by atoms with Crippen molar-refractivity contribution in [2.45, 2.75) is 45.6 Å². The summed E-state index contributed by atoms with van der Waals surface area (Å²) in [6.45, 7) is 9.30. The lowest BCUT2D eigenvalue weighted by atomic mass is 9.98. The molecule has 1 amide bonds. The molecule has 0 atom stereocenters. The molecule has 3 rings (SSSR count). The highest BCUT2D eigenvalue weighted by Crippen LogP contribution is 2.27. The van der Waals surface area contributed by atoms with Crippen molar-refractivity contribution in [2.75, 3.05) is 19.6 Å². The molecule has 1 aliphatic rings. The fraction of sp³-hybridized carbons (Fsp3) is 0.550. The Labute approximate surface area is 155 Å². The highest BCUT2D eigenvalue weighted by Gasteiger charge is 2.29. The maximum absolute atomic E-state index is 12.9. The van der Waals surface area contributed by atoms with Crippen LogP contribution in [0.15, 0.2) is 18.2 Å². The summed E-state index contributed by atoms with van der Waals surface area (Å²) in [6, 6.07) is 5.77. The molecule has 0 aliphatic carbocycles. The van der Waals surface area contributed by atoms with E-state index in [1.165, 1.54) is 19.3 Å². The zero-order valence-corrected chi connectivity index (χ0v) is 16.4. The number of rotatable bonds is 4. The van der Waals surface area contributed by atoms with E-state index in [-0.39, 0.29) is 11.4 Å². The summed E-state index contributed by atoms with van der Waals surface area (Å²) < 4.78 is 1.96. The molecular formula is C20H28ClN3O. The van der Waals surface area contributed by atoms with Crippen molar-refractivity contribution in [3.8, 4) is 0 Å². The van der Waals surface area contributed by atoms with Gasteiger partial charge in [0.05, 0.1) is 0 Å². The minimum atomic E-state index is -0.0299. The summed E-state index contributed by atoms with van der Waals surface area (Å²) in [5.41, 5.74) is 2.69. The molecule has 2 aromatic rings. The van der Waals surface area contributed by atoms with Gasteiger partial charge in [0.15, 0.2) is 0 Å². The molecule has 2 heterocycles. The summed E-state index contributed by atoms with van der Waals surface area (Å²) in [7, 11) is 1.94. The van der Waals surface area contributed by atoms with Crippen LogP contribution in [0.1, 0.15) is 49.2 Å². The SMILES string of the molecule is Cc1c(C(=O)NCC(C)(C)N2CCCCC2)n(C)c2ccc(Cl)cc12. The molecule has 1 N–H and O–H groups in total. The number of aromatic nitrogens is 1. The van der Waals surface area contributed by atoms with E-state index in [0.29, 0.717) is 17.3 Å². The van der Waals surface area contributed by atoms with E-state index in [2.05, 4.69) is 24.1 Å². The highest BCUT2D eigenvalue weighted by molar-refractivity contribution is 6.31. The average Bonchev–Trinajstić information content (AvgIpc) is 2.84. The van der Waals surface area contributed by atoms with Crippen LogP contribution in [0.2, 0.25) is 5.02 Å². The number of benzene rings is 1. The summed E-state index contributed by atoms with van der Waals surface area (Å²) in [5.74, 6) is -0.0163. The predicted molar refractivity (Wildman–Crippen MR) is 105 cm³/mol. The van der Waals surface area contributed by atoms with Gasteiger partial charge in [-0.2, -0.15) is 0 Å². The molecular weight excluding hydrogens is 334 g/mol. The van der Waals surface area contributed by atoms with Crippen molar-refractivity contribution in [1.29, 1.82) is 0 Å². The van der Waals surface area contributed by atoms with Gasteiger partial charge in [0.2, 0.25) is 0 Å².